The second-order valence-electron chi connectivity index (χ2n) is 4.35. The van der Waals surface area contributed by atoms with Gasteiger partial charge in [0.15, 0.2) is 9.61 Å². The van der Waals surface area contributed by atoms with Crippen LogP contribution in [-0.2, 0) is 0 Å². The minimum atomic E-state index is -0.983. The largest absolute Gasteiger partial charge is 0.476 e. The van der Waals surface area contributed by atoms with Gasteiger partial charge in [0.25, 0.3) is 0 Å². The molecule has 92 valence electrons. The Morgan fingerprint density at radius 3 is 2.89 bits per heavy atom. The molecule has 2 aromatic rings. The van der Waals surface area contributed by atoms with E-state index >= 15 is 0 Å². The van der Waals surface area contributed by atoms with Crippen molar-refractivity contribution < 1.29 is 9.90 Å². The van der Waals surface area contributed by atoms with E-state index in [4.69, 9.17) is 5.11 Å². The lowest BCUT2D eigenvalue weighted by molar-refractivity contribution is 0.0692. The Hall–Kier alpha value is -1.20. The molecule has 1 saturated carbocycles. The fourth-order valence-electron chi connectivity index (χ4n) is 1.99. The van der Waals surface area contributed by atoms with E-state index in [1.807, 2.05) is 12.1 Å². The van der Waals surface area contributed by atoms with E-state index in [9.17, 15) is 4.79 Å². The zero-order chi connectivity index (χ0) is 12.7. The van der Waals surface area contributed by atoms with Gasteiger partial charge in [-0.2, -0.15) is 0 Å². The van der Waals surface area contributed by atoms with Gasteiger partial charge in [-0.05, 0) is 51.9 Å². The van der Waals surface area contributed by atoms with Gasteiger partial charge in [0, 0.05) is 0 Å². The number of hydrogen-bond donors (Lipinski definition) is 1. The van der Waals surface area contributed by atoms with Gasteiger partial charge < -0.3 is 5.11 Å². The van der Waals surface area contributed by atoms with Crippen LogP contribution in [0.4, 0.5) is 0 Å². The normalized spacial score (nSPS) is 14.7. The number of benzene rings is 1. The number of nitrogens with zero attached hydrogens (tertiary/aromatic N) is 1. The molecule has 0 amide bonds. The average molecular weight is 324 g/mol. The minimum Gasteiger partial charge on any atom is -0.476 e. The van der Waals surface area contributed by atoms with Gasteiger partial charge in [0.05, 0.1) is 4.88 Å². The number of thiazole rings is 1. The summed E-state index contributed by atoms with van der Waals surface area (Å²) in [5, 5.41) is 9.15. The highest BCUT2D eigenvalue weighted by Crippen LogP contribution is 2.42. The first kappa shape index (κ1) is 11.9. The molecule has 1 aliphatic carbocycles. The van der Waals surface area contributed by atoms with Gasteiger partial charge in [-0.25, -0.2) is 9.78 Å². The summed E-state index contributed by atoms with van der Waals surface area (Å²) in [6, 6.07) is 8.13. The Morgan fingerprint density at radius 1 is 1.44 bits per heavy atom. The molecule has 0 saturated heterocycles. The average Bonchev–Trinajstić information content (AvgIpc) is 3.12. The number of rotatable bonds is 3. The van der Waals surface area contributed by atoms with Crippen molar-refractivity contribution in [2.75, 3.05) is 0 Å². The number of carboxylic acid groups (broad SMARTS) is 1. The predicted molar refractivity (Wildman–Crippen MR) is 74.2 cm³/mol. The maximum Gasteiger partial charge on any atom is 0.356 e. The van der Waals surface area contributed by atoms with Crippen LogP contribution < -0.4 is 0 Å². The molecular weight excluding hydrogens is 314 g/mol. The van der Waals surface area contributed by atoms with Crippen LogP contribution in [0.2, 0.25) is 0 Å². The second-order valence-corrected chi connectivity index (χ2v) is 6.62. The molecule has 1 aromatic heterocycles. The summed E-state index contributed by atoms with van der Waals surface area (Å²) in [7, 11) is 0. The van der Waals surface area contributed by atoms with E-state index in [1.165, 1.54) is 29.7 Å². The van der Waals surface area contributed by atoms with Crippen molar-refractivity contribution in [1.82, 2.24) is 4.98 Å². The third-order valence-electron chi connectivity index (χ3n) is 3.00. The van der Waals surface area contributed by atoms with Crippen molar-refractivity contribution in [2.24, 2.45) is 0 Å². The van der Waals surface area contributed by atoms with Crippen LogP contribution in [0.3, 0.4) is 0 Å². The smallest absolute Gasteiger partial charge is 0.356 e. The van der Waals surface area contributed by atoms with E-state index < -0.39 is 5.97 Å². The molecule has 1 heterocycles. The Labute approximate surface area is 117 Å². The van der Waals surface area contributed by atoms with Crippen molar-refractivity contribution in [1.29, 1.82) is 0 Å². The molecule has 1 fully saturated rings. The molecule has 0 aliphatic heterocycles. The second kappa shape index (κ2) is 4.48. The fourth-order valence-corrected chi connectivity index (χ4v) is 3.43. The lowest BCUT2D eigenvalue weighted by Gasteiger charge is -2.02. The number of carboxylic acids is 1. The summed E-state index contributed by atoms with van der Waals surface area (Å²) in [6.45, 7) is 0. The summed E-state index contributed by atoms with van der Waals surface area (Å²) >= 11 is 4.61. The first-order chi connectivity index (χ1) is 8.65. The van der Waals surface area contributed by atoms with Crippen LogP contribution >= 0.6 is 27.3 Å². The number of hydrogen-bond acceptors (Lipinski definition) is 3. The maximum absolute atomic E-state index is 11.2. The molecule has 1 N–H and O–H groups in total. The number of halogens is 1. The molecule has 3 nitrogen and oxygen atoms in total. The van der Waals surface area contributed by atoms with Crippen LogP contribution in [0.1, 0.15) is 34.8 Å². The van der Waals surface area contributed by atoms with E-state index in [0.29, 0.717) is 9.83 Å². The van der Waals surface area contributed by atoms with Crippen molar-refractivity contribution in [2.45, 2.75) is 18.8 Å². The molecule has 0 atom stereocenters. The molecule has 0 bridgehead atoms. The molecular formula is C13H10BrNO2S. The summed E-state index contributed by atoms with van der Waals surface area (Å²) in [5.41, 5.74) is 2.37. The Morgan fingerprint density at radius 2 is 2.22 bits per heavy atom. The lowest BCUT2D eigenvalue weighted by atomic mass is 10.1. The molecule has 0 spiro atoms. The SMILES string of the molecule is O=C(O)c1nc(Br)sc1-c1cccc(C2CC2)c1. The zero-order valence-electron chi connectivity index (χ0n) is 9.39. The standard InChI is InChI=1S/C13H10BrNO2S/c14-13-15-10(12(16)17)11(18-13)9-3-1-2-8(6-9)7-4-5-7/h1-3,6-7H,4-5H2,(H,16,17). The van der Waals surface area contributed by atoms with Crippen molar-refractivity contribution >= 4 is 33.2 Å². The minimum absolute atomic E-state index is 0.125. The third-order valence-corrected chi connectivity index (χ3v) is 4.56. The van der Waals surface area contributed by atoms with E-state index in [1.54, 1.807) is 0 Å². The van der Waals surface area contributed by atoms with Crippen molar-refractivity contribution in [3.8, 4) is 10.4 Å². The first-order valence-corrected chi connectivity index (χ1v) is 7.26. The summed E-state index contributed by atoms with van der Waals surface area (Å²) in [6.07, 6.45) is 2.48. The third kappa shape index (κ3) is 2.20. The Bertz CT molecular complexity index is 619. The first-order valence-electron chi connectivity index (χ1n) is 5.65. The van der Waals surface area contributed by atoms with Crippen LogP contribution in [0.25, 0.3) is 10.4 Å². The lowest BCUT2D eigenvalue weighted by Crippen LogP contribution is -1.98. The van der Waals surface area contributed by atoms with Crippen LogP contribution in [0, 0.1) is 0 Å². The van der Waals surface area contributed by atoms with E-state index in [-0.39, 0.29) is 5.69 Å². The monoisotopic (exact) mass is 323 g/mol. The van der Waals surface area contributed by atoms with Gasteiger partial charge in [0.1, 0.15) is 0 Å². The predicted octanol–water partition coefficient (Wildman–Crippen LogP) is 4.15. The number of aromatic nitrogens is 1. The maximum atomic E-state index is 11.2. The summed E-state index contributed by atoms with van der Waals surface area (Å²) < 4.78 is 0.603. The zero-order valence-corrected chi connectivity index (χ0v) is 11.8. The Kier molecular flexibility index (Phi) is 2.95. The van der Waals surface area contributed by atoms with Gasteiger partial charge in [-0.3, -0.25) is 0 Å². The molecule has 0 radical (unpaired) electrons. The highest BCUT2D eigenvalue weighted by atomic mass is 79.9. The highest BCUT2D eigenvalue weighted by molar-refractivity contribution is 9.11. The number of carbonyl (C=O) groups is 1. The molecule has 1 aromatic carbocycles. The molecule has 18 heavy (non-hydrogen) atoms. The summed E-state index contributed by atoms with van der Waals surface area (Å²) in [5.74, 6) is -0.321. The van der Waals surface area contributed by atoms with Crippen molar-refractivity contribution in [3.05, 3.63) is 39.4 Å². The van der Waals surface area contributed by atoms with Gasteiger partial charge in [0.2, 0.25) is 0 Å². The van der Waals surface area contributed by atoms with Gasteiger partial charge >= 0.3 is 5.97 Å². The topological polar surface area (TPSA) is 50.2 Å². The fraction of sp³-hybridized carbons (Fsp3) is 0.231. The summed E-state index contributed by atoms with van der Waals surface area (Å²) in [4.78, 5) is 15.9. The van der Waals surface area contributed by atoms with E-state index in [2.05, 4.69) is 33.0 Å². The molecule has 0 unspecified atom stereocenters. The molecule has 3 rings (SSSR count). The van der Waals surface area contributed by atoms with Gasteiger partial charge in [-0.15, -0.1) is 11.3 Å². The van der Waals surface area contributed by atoms with E-state index in [0.717, 1.165) is 10.4 Å². The molecule has 1 aliphatic rings. The van der Waals surface area contributed by atoms with Crippen LogP contribution in [0.15, 0.2) is 28.2 Å². The molecule has 5 heteroatoms. The van der Waals surface area contributed by atoms with Crippen LogP contribution in [-0.4, -0.2) is 16.1 Å². The van der Waals surface area contributed by atoms with Crippen LogP contribution in [0.5, 0.6) is 0 Å². The van der Waals surface area contributed by atoms with Crippen molar-refractivity contribution in [3.63, 3.8) is 0 Å². The van der Waals surface area contributed by atoms with Gasteiger partial charge in [-0.1, -0.05) is 18.2 Å². The number of aromatic carboxylic acids is 1. The Balaban J connectivity index is 2.08. The quantitative estimate of drug-likeness (QED) is 0.923. The highest BCUT2D eigenvalue weighted by Gasteiger charge is 2.24.